The molecule has 1 aliphatic heterocycles. The van der Waals surface area contributed by atoms with Crippen LogP contribution in [-0.4, -0.2) is 11.5 Å². The molecule has 1 unspecified atom stereocenters. The molecular weight excluding hydrogens is 238 g/mol. The molecule has 0 N–H and O–H groups in total. The fourth-order valence-electron chi connectivity index (χ4n) is 1.18. The zero-order valence-corrected chi connectivity index (χ0v) is 8.15. The zero-order chi connectivity index (χ0) is 9.42. The van der Waals surface area contributed by atoms with Crippen LogP contribution in [0.5, 0.6) is 0 Å². The Morgan fingerprint density at radius 1 is 1.62 bits per heavy atom. The van der Waals surface area contributed by atoms with Gasteiger partial charge in [-0.25, -0.2) is 0 Å². The number of halogens is 1. The summed E-state index contributed by atoms with van der Waals surface area (Å²) in [6, 6.07) is 4.88. The normalized spacial score (nSPS) is 19.9. The molecule has 1 aromatic rings. The molecule has 1 atom stereocenters. The molecular formula is C8H6BrNO3. The highest BCUT2D eigenvalue weighted by molar-refractivity contribution is 9.10. The molecule has 2 rings (SSSR count). The Labute approximate surface area is 82.8 Å². The molecule has 1 fully saturated rings. The minimum absolute atomic E-state index is 0.0853. The van der Waals surface area contributed by atoms with Crippen molar-refractivity contribution in [2.24, 2.45) is 0 Å². The number of ether oxygens (including phenoxy) is 1. The average Bonchev–Trinajstić information content (AvgIpc) is 2.85. The Morgan fingerprint density at radius 2 is 2.31 bits per heavy atom. The predicted molar refractivity (Wildman–Crippen MR) is 49.5 cm³/mol. The van der Waals surface area contributed by atoms with Crippen LogP contribution in [0, 0.1) is 10.1 Å². The summed E-state index contributed by atoms with van der Waals surface area (Å²) in [6.45, 7) is 0.581. The van der Waals surface area contributed by atoms with Crippen molar-refractivity contribution in [3.05, 3.63) is 38.3 Å². The highest BCUT2D eigenvalue weighted by atomic mass is 79.9. The molecule has 1 aromatic carbocycles. The molecule has 0 bridgehead atoms. The first kappa shape index (κ1) is 8.65. The lowest BCUT2D eigenvalue weighted by atomic mass is 10.1. The molecule has 0 saturated carbocycles. The highest BCUT2D eigenvalue weighted by Crippen LogP contribution is 2.37. The maximum Gasteiger partial charge on any atom is 0.275 e. The molecule has 1 aliphatic rings. The third-order valence-corrected chi connectivity index (χ3v) is 2.36. The number of epoxide rings is 1. The molecule has 0 spiro atoms. The van der Waals surface area contributed by atoms with Gasteiger partial charge in [0.05, 0.1) is 17.1 Å². The Morgan fingerprint density at radius 3 is 2.85 bits per heavy atom. The van der Waals surface area contributed by atoms with Gasteiger partial charge in [-0.15, -0.1) is 0 Å². The van der Waals surface area contributed by atoms with Gasteiger partial charge in [0.25, 0.3) is 5.69 Å². The van der Waals surface area contributed by atoms with Gasteiger partial charge in [0.2, 0.25) is 0 Å². The summed E-state index contributed by atoms with van der Waals surface area (Å²) < 4.78 is 5.85. The topological polar surface area (TPSA) is 55.7 Å². The summed E-state index contributed by atoms with van der Waals surface area (Å²) in [5.41, 5.74) is 0.782. The second-order valence-electron chi connectivity index (χ2n) is 2.78. The molecule has 1 saturated heterocycles. The van der Waals surface area contributed by atoms with E-state index in [1.54, 1.807) is 12.1 Å². The summed E-state index contributed by atoms with van der Waals surface area (Å²) in [4.78, 5) is 10.2. The molecule has 13 heavy (non-hydrogen) atoms. The summed E-state index contributed by atoms with van der Waals surface area (Å²) in [5, 5.41) is 10.6. The number of benzene rings is 1. The average molecular weight is 244 g/mol. The van der Waals surface area contributed by atoms with Gasteiger partial charge >= 0.3 is 0 Å². The predicted octanol–water partition coefficient (Wildman–Crippen LogP) is 2.43. The molecule has 1 heterocycles. The third kappa shape index (κ3) is 1.71. The Balaban J connectivity index is 2.47. The first-order valence-corrected chi connectivity index (χ1v) is 4.53. The monoisotopic (exact) mass is 243 g/mol. The van der Waals surface area contributed by atoms with E-state index in [9.17, 15) is 10.1 Å². The van der Waals surface area contributed by atoms with Gasteiger partial charge < -0.3 is 4.74 Å². The lowest BCUT2D eigenvalue weighted by Crippen LogP contribution is -1.94. The SMILES string of the molecule is O=[N+]([O-])c1ccc(Br)cc1C1CO1. The van der Waals surface area contributed by atoms with E-state index in [-0.39, 0.29) is 16.7 Å². The van der Waals surface area contributed by atoms with Gasteiger partial charge in [-0.05, 0) is 12.1 Å². The van der Waals surface area contributed by atoms with E-state index in [4.69, 9.17) is 4.74 Å². The van der Waals surface area contributed by atoms with E-state index in [0.717, 1.165) is 4.47 Å². The van der Waals surface area contributed by atoms with Crippen molar-refractivity contribution < 1.29 is 9.66 Å². The maximum atomic E-state index is 10.6. The quantitative estimate of drug-likeness (QED) is 0.456. The number of rotatable bonds is 2. The summed E-state index contributed by atoms with van der Waals surface area (Å²) >= 11 is 3.26. The van der Waals surface area contributed by atoms with E-state index in [0.29, 0.717) is 12.2 Å². The van der Waals surface area contributed by atoms with Crippen LogP contribution < -0.4 is 0 Å². The highest BCUT2D eigenvalue weighted by Gasteiger charge is 2.31. The van der Waals surface area contributed by atoms with Gasteiger partial charge in [-0.1, -0.05) is 15.9 Å². The molecule has 5 heteroatoms. The van der Waals surface area contributed by atoms with Crippen LogP contribution in [0.3, 0.4) is 0 Å². The van der Waals surface area contributed by atoms with Gasteiger partial charge in [0.1, 0.15) is 6.10 Å². The summed E-state index contributed by atoms with van der Waals surface area (Å²) in [6.07, 6.45) is -0.0853. The standard InChI is InChI=1S/C8H6BrNO3/c9-5-1-2-7(10(11)12)6(3-5)8-4-13-8/h1-3,8H,4H2. The second-order valence-corrected chi connectivity index (χ2v) is 3.70. The second kappa shape index (κ2) is 3.08. The smallest absolute Gasteiger partial charge is 0.275 e. The van der Waals surface area contributed by atoms with Crippen LogP contribution in [0.25, 0.3) is 0 Å². The third-order valence-electron chi connectivity index (χ3n) is 1.87. The van der Waals surface area contributed by atoms with Gasteiger partial charge in [0, 0.05) is 10.5 Å². The number of nitro groups is 1. The van der Waals surface area contributed by atoms with E-state index in [1.807, 2.05) is 0 Å². The van der Waals surface area contributed by atoms with Crippen molar-refractivity contribution in [1.29, 1.82) is 0 Å². The lowest BCUT2D eigenvalue weighted by Gasteiger charge is -1.98. The maximum absolute atomic E-state index is 10.6. The van der Waals surface area contributed by atoms with Crippen LogP contribution in [0.15, 0.2) is 22.7 Å². The van der Waals surface area contributed by atoms with Crippen molar-refractivity contribution in [3.63, 3.8) is 0 Å². The largest absolute Gasteiger partial charge is 0.368 e. The number of nitro benzene ring substituents is 1. The van der Waals surface area contributed by atoms with E-state index >= 15 is 0 Å². The molecule has 0 amide bonds. The van der Waals surface area contributed by atoms with Gasteiger partial charge in [-0.2, -0.15) is 0 Å². The number of hydrogen-bond donors (Lipinski definition) is 0. The van der Waals surface area contributed by atoms with Crippen LogP contribution in [-0.2, 0) is 4.74 Å². The van der Waals surface area contributed by atoms with Crippen molar-refractivity contribution in [2.45, 2.75) is 6.10 Å². The number of nitrogens with zero attached hydrogens (tertiary/aromatic N) is 1. The van der Waals surface area contributed by atoms with Crippen LogP contribution in [0.1, 0.15) is 11.7 Å². The summed E-state index contributed by atoms with van der Waals surface area (Å²) in [7, 11) is 0. The van der Waals surface area contributed by atoms with Crippen molar-refractivity contribution in [2.75, 3.05) is 6.61 Å². The van der Waals surface area contributed by atoms with Crippen LogP contribution in [0.4, 0.5) is 5.69 Å². The Bertz CT molecular complexity index is 362. The first-order valence-electron chi connectivity index (χ1n) is 3.74. The summed E-state index contributed by atoms with van der Waals surface area (Å²) in [5.74, 6) is 0. The van der Waals surface area contributed by atoms with E-state index in [2.05, 4.69) is 15.9 Å². The molecule has 0 radical (unpaired) electrons. The number of hydrogen-bond acceptors (Lipinski definition) is 3. The van der Waals surface area contributed by atoms with E-state index in [1.165, 1.54) is 6.07 Å². The Hall–Kier alpha value is -0.940. The van der Waals surface area contributed by atoms with Gasteiger partial charge in [0.15, 0.2) is 0 Å². The van der Waals surface area contributed by atoms with Gasteiger partial charge in [-0.3, -0.25) is 10.1 Å². The first-order chi connectivity index (χ1) is 6.18. The molecule has 68 valence electrons. The lowest BCUT2D eigenvalue weighted by molar-refractivity contribution is -0.385. The van der Waals surface area contributed by atoms with Crippen LogP contribution in [0.2, 0.25) is 0 Å². The molecule has 0 aliphatic carbocycles. The van der Waals surface area contributed by atoms with Crippen LogP contribution >= 0.6 is 15.9 Å². The Kier molecular flexibility index (Phi) is 2.05. The van der Waals surface area contributed by atoms with Crippen molar-refractivity contribution in [3.8, 4) is 0 Å². The minimum atomic E-state index is -0.385. The fourth-order valence-corrected chi connectivity index (χ4v) is 1.56. The zero-order valence-electron chi connectivity index (χ0n) is 6.57. The molecule has 0 aromatic heterocycles. The van der Waals surface area contributed by atoms with Crippen molar-refractivity contribution in [1.82, 2.24) is 0 Å². The molecule has 4 nitrogen and oxygen atoms in total. The minimum Gasteiger partial charge on any atom is -0.368 e. The van der Waals surface area contributed by atoms with Crippen molar-refractivity contribution >= 4 is 21.6 Å². The van der Waals surface area contributed by atoms with E-state index < -0.39 is 0 Å². The fraction of sp³-hybridized carbons (Fsp3) is 0.250.